The Morgan fingerprint density at radius 2 is 1.47 bits per heavy atom. The minimum absolute atomic E-state index is 0.201. The highest BCUT2D eigenvalue weighted by molar-refractivity contribution is 5.69. The molecule has 1 nitrogen and oxygen atoms in total. The maximum Gasteiger partial charge on any atom is 0.00817 e. The van der Waals surface area contributed by atoms with Crippen LogP contribution < -0.4 is 5.73 Å². The van der Waals surface area contributed by atoms with Crippen molar-refractivity contribution in [2.24, 2.45) is 5.73 Å². The molecule has 0 unspecified atom stereocenters. The molecule has 1 aliphatic rings. The molecule has 0 heterocycles. The maximum absolute atomic E-state index is 6.15. The Kier molecular flexibility index (Phi) is 3.39. The van der Waals surface area contributed by atoms with Gasteiger partial charge in [0.15, 0.2) is 0 Å². The second kappa shape index (κ2) is 5.18. The second-order valence-electron chi connectivity index (χ2n) is 5.60. The van der Waals surface area contributed by atoms with Gasteiger partial charge in [-0.1, -0.05) is 67.4 Å². The van der Waals surface area contributed by atoms with Crippen LogP contribution in [0.2, 0.25) is 0 Å². The number of nitrogens with two attached hydrogens (primary N) is 1. The van der Waals surface area contributed by atoms with Crippen LogP contribution in [-0.4, -0.2) is 6.54 Å². The molecule has 2 aromatic carbocycles. The monoisotopic (exact) mass is 251 g/mol. The summed E-state index contributed by atoms with van der Waals surface area (Å²) >= 11 is 0. The second-order valence-corrected chi connectivity index (χ2v) is 5.60. The highest BCUT2D eigenvalue weighted by atomic mass is 14.6. The number of rotatable bonds is 3. The van der Waals surface area contributed by atoms with Gasteiger partial charge >= 0.3 is 0 Å². The van der Waals surface area contributed by atoms with Crippen molar-refractivity contribution in [2.45, 2.75) is 31.1 Å². The minimum atomic E-state index is 0.201. The molecule has 0 aromatic heterocycles. The van der Waals surface area contributed by atoms with E-state index in [2.05, 4.69) is 54.6 Å². The van der Waals surface area contributed by atoms with E-state index in [-0.39, 0.29) is 5.41 Å². The zero-order valence-corrected chi connectivity index (χ0v) is 11.3. The maximum atomic E-state index is 6.15. The lowest BCUT2D eigenvalue weighted by atomic mass is 9.75. The summed E-state index contributed by atoms with van der Waals surface area (Å²) in [6.45, 7) is 0.761. The smallest absolute Gasteiger partial charge is 0.00817 e. The normalized spacial score (nSPS) is 17.5. The lowest BCUT2D eigenvalue weighted by Crippen LogP contribution is -2.32. The first kappa shape index (κ1) is 12.4. The van der Waals surface area contributed by atoms with Crippen LogP contribution in [0.3, 0.4) is 0 Å². The first-order valence-electron chi connectivity index (χ1n) is 7.21. The molecular formula is C18H21N. The molecule has 3 rings (SSSR count). The zero-order chi connectivity index (χ0) is 13.1. The average molecular weight is 251 g/mol. The van der Waals surface area contributed by atoms with Crippen molar-refractivity contribution in [3.05, 3.63) is 60.2 Å². The summed E-state index contributed by atoms with van der Waals surface area (Å²) in [4.78, 5) is 0. The average Bonchev–Trinajstić information content (AvgIpc) is 2.98. The van der Waals surface area contributed by atoms with Crippen molar-refractivity contribution < 1.29 is 0 Å². The van der Waals surface area contributed by atoms with Gasteiger partial charge < -0.3 is 5.73 Å². The first-order chi connectivity index (χ1) is 9.36. The summed E-state index contributed by atoms with van der Waals surface area (Å²) in [6.07, 6.45) is 5.07. The number of hydrogen-bond donors (Lipinski definition) is 1. The zero-order valence-electron chi connectivity index (χ0n) is 11.3. The molecule has 2 N–H and O–H groups in total. The lowest BCUT2D eigenvalue weighted by molar-refractivity contribution is 0.454. The van der Waals surface area contributed by atoms with Gasteiger partial charge in [-0.15, -0.1) is 0 Å². The van der Waals surface area contributed by atoms with Gasteiger partial charge in [0.1, 0.15) is 0 Å². The molecule has 19 heavy (non-hydrogen) atoms. The predicted molar refractivity (Wildman–Crippen MR) is 81.1 cm³/mol. The van der Waals surface area contributed by atoms with Crippen LogP contribution in [0.5, 0.6) is 0 Å². The summed E-state index contributed by atoms with van der Waals surface area (Å²) in [6, 6.07) is 19.5. The topological polar surface area (TPSA) is 26.0 Å². The van der Waals surface area contributed by atoms with Crippen LogP contribution in [0.4, 0.5) is 0 Å². The molecule has 0 atom stereocenters. The Labute approximate surface area is 115 Å². The Morgan fingerprint density at radius 1 is 0.842 bits per heavy atom. The fraction of sp³-hybridized carbons (Fsp3) is 0.333. The van der Waals surface area contributed by atoms with E-state index in [0.717, 1.165) is 6.54 Å². The third kappa shape index (κ3) is 2.19. The molecule has 1 heteroatoms. The van der Waals surface area contributed by atoms with Gasteiger partial charge in [-0.2, -0.15) is 0 Å². The molecule has 0 aliphatic heterocycles. The summed E-state index contributed by atoms with van der Waals surface area (Å²) in [5.41, 5.74) is 10.5. The van der Waals surface area contributed by atoms with E-state index in [1.165, 1.54) is 42.4 Å². The molecule has 98 valence electrons. The van der Waals surface area contributed by atoms with Crippen LogP contribution >= 0.6 is 0 Å². The third-order valence-electron chi connectivity index (χ3n) is 4.53. The Hall–Kier alpha value is -1.60. The van der Waals surface area contributed by atoms with Crippen molar-refractivity contribution in [1.82, 2.24) is 0 Å². The van der Waals surface area contributed by atoms with Crippen molar-refractivity contribution in [2.75, 3.05) is 6.54 Å². The van der Waals surface area contributed by atoms with Crippen LogP contribution in [-0.2, 0) is 5.41 Å². The van der Waals surface area contributed by atoms with Gasteiger partial charge in [-0.05, 0) is 29.5 Å². The molecule has 2 aromatic rings. The predicted octanol–water partition coefficient (Wildman–Crippen LogP) is 4.12. The quantitative estimate of drug-likeness (QED) is 0.872. The Balaban J connectivity index is 2.12. The molecule has 0 saturated heterocycles. The van der Waals surface area contributed by atoms with Gasteiger partial charge in [-0.25, -0.2) is 0 Å². The van der Waals surface area contributed by atoms with Gasteiger partial charge in [0.05, 0.1) is 0 Å². The van der Waals surface area contributed by atoms with Crippen LogP contribution in [0.15, 0.2) is 54.6 Å². The van der Waals surface area contributed by atoms with E-state index in [9.17, 15) is 0 Å². The van der Waals surface area contributed by atoms with Gasteiger partial charge in [0, 0.05) is 12.0 Å². The molecule has 1 saturated carbocycles. The SMILES string of the molecule is NCC1(c2ccccc2-c2ccccc2)CCCC1. The third-order valence-corrected chi connectivity index (χ3v) is 4.53. The van der Waals surface area contributed by atoms with Gasteiger partial charge in [0.25, 0.3) is 0 Å². The van der Waals surface area contributed by atoms with Crippen LogP contribution in [0.25, 0.3) is 11.1 Å². The fourth-order valence-corrected chi connectivity index (χ4v) is 3.45. The summed E-state index contributed by atoms with van der Waals surface area (Å²) in [5, 5.41) is 0. The molecular weight excluding hydrogens is 230 g/mol. The minimum Gasteiger partial charge on any atom is -0.330 e. The molecule has 0 amide bonds. The number of benzene rings is 2. The standard InChI is InChI=1S/C18H21N/c19-14-18(12-6-7-13-18)17-11-5-4-10-16(17)15-8-2-1-3-9-15/h1-5,8-11H,6-7,12-14,19H2. The van der Waals surface area contributed by atoms with E-state index in [4.69, 9.17) is 5.73 Å². The molecule has 0 radical (unpaired) electrons. The highest BCUT2D eigenvalue weighted by Gasteiger charge is 2.35. The van der Waals surface area contributed by atoms with Crippen molar-refractivity contribution >= 4 is 0 Å². The Morgan fingerprint density at radius 3 is 2.16 bits per heavy atom. The molecule has 1 aliphatic carbocycles. The largest absolute Gasteiger partial charge is 0.330 e. The molecule has 1 fully saturated rings. The van der Waals surface area contributed by atoms with E-state index >= 15 is 0 Å². The van der Waals surface area contributed by atoms with Crippen molar-refractivity contribution in [1.29, 1.82) is 0 Å². The van der Waals surface area contributed by atoms with Crippen LogP contribution in [0, 0.1) is 0 Å². The van der Waals surface area contributed by atoms with E-state index in [1.807, 2.05) is 0 Å². The highest BCUT2D eigenvalue weighted by Crippen LogP contribution is 2.44. The molecule has 0 bridgehead atoms. The fourth-order valence-electron chi connectivity index (χ4n) is 3.45. The van der Waals surface area contributed by atoms with E-state index in [1.54, 1.807) is 0 Å². The summed E-state index contributed by atoms with van der Waals surface area (Å²) in [7, 11) is 0. The summed E-state index contributed by atoms with van der Waals surface area (Å²) in [5.74, 6) is 0. The molecule has 0 spiro atoms. The van der Waals surface area contributed by atoms with E-state index in [0.29, 0.717) is 0 Å². The lowest BCUT2D eigenvalue weighted by Gasteiger charge is -2.30. The van der Waals surface area contributed by atoms with Gasteiger partial charge in [-0.3, -0.25) is 0 Å². The van der Waals surface area contributed by atoms with Crippen LogP contribution in [0.1, 0.15) is 31.2 Å². The number of hydrogen-bond acceptors (Lipinski definition) is 1. The van der Waals surface area contributed by atoms with Crippen molar-refractivity contribution in [3.8, 4) is 11.1 Å². The van der Waals surface area contributed by atoms with Crippen molar-refractivity contribution in [3.63, 3.8) is 0 Å². The van der Waals surface area contributed by atoms with E-state index < -0.39 is 0 Å². The first-order valence-corrected chi connectivity index (χ1v) is 7.21. The Bertz CT molecular complexity index is 539. The summed E-state index contributed by atoms with van der Waals surface area (Å²) < 4.78 is 0. The van der Waals surface area contributed by atoms with Gasteiger partial charge in [0.2, 0.25) is 0 Å².